The number of carbonyl (C=O) groups excluding carboxylic acids is 1. The van der Waals surface area contributed by atoms with Gasteiger partial charge < -0.3 is 14.4 Å². The second-order valence-corrected chi connectivity index (χ2v) is 5.47. The molecule has 1 aromatic rings. The maximum Gasteiger partial charge on any atom is 0.338 e. The highest BCUT2D eigenvalue weighted by atomic mass is 16.6. The third kappa shape index (κ3) is 4.41. The van der Waals surface area contributed by atoms with Gasteiger partial charge >= 0.3 is 17.3 Å². The first-order valence-electron chi connectivity index (χ1n) is 7.92. The summed E-state index contributed by atoms with van der Waals surface area (Å²) < 4.78 is 10.2. The fourth-order valence-electron chi connectivity index (χ4n) is 2.50. The van der Waals surface area contributed by atoms with Crippen molar-refractivity contribution in [3.63, 3.8) is 0 Å². The Morgan fingerprint density at radius 3 is 2.24 bits per heavy atom. The number of carbonyl (C=O) groups is 1. The van der Waals surface area contributed by atoms with Gasteiger partial charge in [-0.05, 0) is 6.42 Å². The molecule has 0 aromatic heterocycles. The lowest BCUT2D eigenvalue weighted by atomic mass is 10.1. The fourth-order valence-corrected chi connectivity index (χ4v) is 2.50. The summed E-state index contributed by atoms with van der Waals surface area (Å²) in [5, 5.41) is 22.9. The number of nitro benzene ring substituents is 2. The Bertz CT molecular complexity index is 636. The molecule has 10 nitrogen and oxygen atoms in total. The molecule has 0 amide bonds. The Morgan fingerprint density at radius 2 is 1.76 bits per heavy atom. The maximum atomic E-state index is 12.1. The van der Waals surface area contributed by atoms with Crippen LogP contribution in [0.5, 0.6) is 0 Å². The zero-order valence-electron chi connectivity index (χ0n) is 13.8. The molecular weight excluding hydrogens is 334 g/mol. The minimum Gasteiger partial charge on any atom is -0.462 e. The predicted molar refractivity (Wildman–Crippen MR) is 88.0 cm³/mol. The van der Waals surface area contributed by atoms with Crippen LogP contribution in [0.4, 0.5) is 17.1 Å². The Hall–Kier alpha value is -2.75. The highest BCUT2D eigenvalue weighted by molar-refractivity contribution is 5.94. The summed E-state index contributed by atoms with van der Waals surface area (Å²) in [4.78, 5) is 35.0. The minimum atomic E-state index is -0.812. The molecule has 0 N–H and O–H groups in total. The van der Waals surface area contributed by atoms with E-state index in [1.807, 2.05) is 6.92 Å². The Kier molecular flexibility index (Phi) is 6.23. The van der Waals surface area contributed by atoms with Crippen LogP contribution < -0.4 is 4.90 Å². The summed E-state index contributed by atoms with van der Waals surface area (Å²) >= 11 is 0. The topological polar surface area (TPSA) is 125 Å². The van der Waals surface area contributed by atoms with Gasteiger partial charge in [0.05, 0.1) is 35.2 Å². The summed E-state index contributed by atoms with van der Waals surface area (Å²) in [5.74, 6) is -0.812. The van der Waals surface area contributed by atoms with Crippen molar-refractivity contribution in [3.8, 4) is 0 Å². The van der Waals surface area contributed by atoms with E-state index in [-0.39, 0.29) is 17.9 Å². The first kappa shape index (κ1) is 18.6. The van der Waals surface area contributed by atoms with Gasteiger partial charge in [0.1, 0.15) is 0 Å². The van der Waals surface area contributed by atoms with Crippen LogP contribution in [0.25, 0.3) is 0 Å². The lowest BCUT2D eigenvalue weighted by Crippen LogP contribution is -2.37. The number of benzene rings is 1. The summed E-state index contributed by atoms with van der Waals surface area (Å²) in [6.45, 7) is 3.29. The van der Waals surface area contributed by atoms with Crippen LogP contribution >= 0.6 is 0 Å². The molecule has 0 aliphatic carbocycles. The van der Waals surface area contributed by atoms with Crippen molar-refractivity contribution >= 4 is 23.0 Å². The zero-order chi connectivity index (χ0) is 18.4. The molecule has 136 valence electrons. The molecule has 2 rings (SSSR count). The summed E-state index contributed by atoms with van der Waals surface area (Å²) in [6, 6.07) is 2.07. The molecule has 0 unspecified atom stereocenters. The highest BCUT2D eigenvalue weighted by Crippen LogP contribution is 2.39. The van der Waals surface area contributed by atoms with Crippen LogP contribution in [0.3, 0.4) is 0 Å². The van der Waals surface area contributed by atoms with Gasteiger partial charge in [0.2, 0.25) is 0 Å². The van der Waals surface area contributed by atoms with Gasteiger partial charge in [0.25, 0.3) is 0 Å². The number of unbranched alkanes of at least 4 members (excludes halogenated alkanes) is 1. The van der Waals surface area contributed by atoms with Crippen LogP contribution in [0.1, 0.15) is 30.1 Å². The minimum absolute atomic E-state index is 0.108. The second kappa shape index (κ2) is 8.38. The van der Waals surface area contributed by atoms with Gasteiger partial charge in [0.15, 0.2) is 5.69 Å². The standard InChI is InChI=1S/C15H19N3O7/c1-2-3-6-25-15(19)11-9-12(17(20)21)14(13(10-11)18(22)23)16-4-7-24-8-5-16/h9-10H,2-8H2,1H3. The molecular formula is C15H19N3O7. The van der Waals surface area contributed by atoms with Crippen molar-refractivity contribution < 1.29 is 24.1 Å². The van der Waals surface area contributed by atoms with Crippen molar-refractivity contribution in [2.75, 3.05) is 37.8 Å². The van der Waals surface area contributed by atoms with Crippen molar-refractivity contribution in [2.24, 2.45) is 0 Å². The van der Waals surface area contributed by atoms with Gasteiger partial charge in [-0.25, -0.2) is 4.79 Å². The number of rotatable bonds is 7. The number of hydrogen-bond acceptors (Lipinski definition) is 8. The molecule has 1 aliphatic heterocycles. The van der Waals surface area contributed by atoms with Gasteiger partial charge in [-0.15, -0.1) is 0 Å². The largest absolute Gasteiger partial charge is 0.462 e. The van der Waals surface area contributed by atoms with E-state index in [0.29, 0.717) is 32.7 Å². The predicted octanol–water partition coefficient (Wildman–Crippen LogP) is 2.30. The molecule has 0 spiro atoms. The molecule has 0 radical (unpaired) electrons. The molecule has 1 aromatic carbocycles. The number of ether oxygens (including phenoxy) is 2. The summed E-state index contributed by atoms with van der Waals surface area (Å²) in [7, 11) is 0. The Balaban J connectivity index is 2.46. The summed E-state index contributed by atoms with van der Waals surface area (Å²) in [6.07, 6.45) is 1.45. The monoisotopic (exact) mass is 353 g/mol. The first-order chi connectivity index (χ1) is 12.0. The molecule has 10 heteroatoms. The number of esters is 1. The van der Waals surface area contributed by atoms with Gasteiger partial charge in [0, 0.05) is 25.2 Å². The van der Waals surface area contributed by atoms with E-state index >= 15 is 0 Å². The SMILES string of the molecule is CCCCOC(=O)c1cc([N+](=O)[O-])c(N2CCOCC2)c([N+](=O)[O-])c1. The normalized spacial score (nSPS) is 14.2. The van der Waals surface area contributed by atoms with E-state index in [0.717, 1.165) is 18.6 Å². The van der Waals surface area contributed by atoms with Crippen LogP contribution in [0, 0.1) is 20.2 Å². The van der Waals surface area contributed by atoms with Crippen LogP contribution in [0.2, 0.25) is 0 Å². The molecule has 1 heterocycles. The van der Waals surface area contributed by atoms with Gasteiger partial charge in [-0.1, -0.05) is 13.3 Å². The van der Waals surface area contributed by atoms with E-state index in [2.05, 4.69) is 0 Å². The molecule has 1 aliphatic rings. The van der Waals surface area contributed by atoms with Crippen molar-refractivity contribution in [3.05, 3.63) is 37.9 Å². The van der Waals surface area contributed by atoms with E-state index < -0.39 is 27.2 Å². The van der Waals surface area contributed by atoms with E-state index in [4.69, 9.17) is 9.47 Å². The lowest BCUT2D eigenvalue weighted by Gasteiger charge is -2.28. The maximum absolute atomic E-state index is 12.1. The molecule has 0 bridgehead atoms. The number of morpholine rings is 1. The Labute approximate surface area is 143 Å². The third-order valence-corrected chi connectivity index (χ3v) is 3.76. The zero-order valence-corrected chi connectivity index (χ0v) is 13.8. The molecule has 25 heavy (non-hydrogen) atoms. The average molecular weight is 353 g/mol. The number of nitro groups is 2. The van der Waals surface area contributed by atoms with Gasteiger partial charge in [-0.3, -0.25) is 20.2 Å². The quantitative estimate of drug-likeness (QED) is 0.316. The second-order valence-electron chi connectivity index (χ2n) is 5.47. The average Bonchev–Trinajstić information content (AvgIpc) is 2.61. The fraction of sp³-hybridized carbons (Fsp3) is 0.533. The molecule has 0 atom stereocenters. The molecule has 0 saturated carbocycles. The van der Waals surface area contributed by atoms with Gasteiger partial charge in [-0.2, -0.15) is 0 Å². The summed E-state index contributed by atoms with van der Waals surface area (Å²) in [5.41, 5.74) is -1.29. The molecule has 1 saturated heterocycles. The van der Waals surface area contributed by atoms with E-state index in [9.17, 15) is 25.0 Å². The number of nitrogens with zero attached hydrogens (tertiary/aromatic N) is 3. The van der Waals surface area contributed by atoms with Crippen molar-refractivity contribution in [1.82, 2.24) is 0 Å². The van der Waals surface area contributed by atoms with Crippen molar-refractivity contribution in [2.45, 2.75) is 19.8 Å². The van der Waals surface area contributed by atoms with Crippen LogP contribution in [0.15, 0.2) is 12.1 Å². The smallest absolute Gasteiger partial charge is 0.338 e. The van der Waals surface area contributed by atoms with Crippen LogP contribution in [-0.4, -0.2) is 48.7 Å². The molecule has 1 fully saturated rings. The number of hydrogen-bond donors (Lipinski definition) is 0. The first-order valence-corrected chi connectivity index (χ1v) is 7.92. The highest BCUT2D eigenvalue weighted by Gasteiger charge is 2.33. The van der Waals surface area contributed by atoms with E-state index in [1.54, 1.807) is 0 Å². The van der Waals surface area contributed by atoms with E-state index in [1.165, 1.54) is 4.90 Å². The Morgan fingerprint density at radius 1 is 1.20 bits per heavy atom. The van der Waals surface area contributed by atoms with Crippen LogP contribution in [-0.2, 0) is 9.47 Å². The van der Waals surface area contributed by atoms with Crippen molar-refractivity contribution in [1.29, 1.82) is 0 Å². The third-order valence-electron chi connectivity index (χ3n) is 3.76. The lowest BCUT2D eigenvalue weighted by molar-refractivity contribution is -0.392. The number of anilines is 1.